The number of aryl methyl sites for hydroxylation is 1. The van der Waals surface area contributed by atoms with Crippen LogP contribution in [0.4, 0.5) is 5.95 Å². The standard InChI is InChI=1S/C23H28N6O/c1-17-5-9-25-19(14-17)15-20-16-21(27-23(26-20)29-10-2-3-11-29)18-6-12-28(13-7-18)22(30)4-8-24/h5,9,14,16,18H,2-4,6-7,10-13,15H2,1H3. The molecule has 0 saturated carbocycles. The molecule has 0 spiro atoms. The number of hydrogen-bond acceptors (Lipinski definition) is 6. The molecule has 2 fully saturated rings. The average Bonchev–Trinajstić information content (AvgIpc) is 3.29. The van der Waals surface area contributed by atoms with E-state index < -0.39 is 0 Å². The van der Waals surface area contributed by atoms with Gasteiger partial charge in [-0.15, -0.1) is 0 Å². The fourth-order valence-corrected chi connectivity index (χ4v) is 4.35. The second kappa shape index (κ2) is 9.21. The molecule has 4 heterocycles. The number of pyridine rings is 1. The summed E-state index contributed by atoms with van der Waals surface area (Å²) in [7, 11) is 0. The number of carbonyl (C=O) groups excluding carboxylic acids is 1. The van der Waals surface area contributed by atoms with Gasteiger partial charge in [0.2, 0.25) is 11.9 Å². The van der Waals surface area contributed by atoms with E-state index in [1.165, 1.54) is 18.4 Å². The highest BCUT2D eigenvalue weighted by Crippen LogP contribution is 2.29. The number of rotatable bonds is 5. The number of aromatic nitrogens is 3. The lowest BCUT2D eigenvalue weighted by molar-refractivity contribution is -0.131. The highest BCUT2D eigenvalue weighted by molar-refractivity contribution is 5.78. The maximum atomic E-state index is 12.0. The lowest BCUT2D eigenvalue weighted by atomic mass is 9.92. The molecule has 0 radical (unpaired) electrons. The molecule has 7 nitrogen and oxygen atoms in total. The number of nitrogens with zero attached hydrogens (tertiary/aromatic N) is 6. The quantitative estimate of drug-likeness (QED) is 0.761. The van der Waals surface area contributed by atoms with Crippen LogP contribution in [0.2, 0.25) is 0 Å². The molecule has 2 saturated heterocycles. The molecule has 2 aliphatic heterocycles. The normalized spacial score (nSPS) is 17.2. The smallest absolute Gasteiger partial charge is 0.236 e. The van der Waals surface area contributed by atoms with Gasteiger partial charge in [-0.05, 0) is 56.4 Å². The van der Waals surface area contributed by atoms with Crippen molar-refractivity contribution in [2.75, 3.05) is 31.1 Å². The Labute approximate surface area is 177 Å². The maximum absolute atomic E-state index is 12.0. The van der Waals surface area contributed by atoms with Crippen LogP contribution in [0.3, 0.4) is 0 Å². The first-order valence-corrected chi connectivity index (χ1v) is 10.8. The molecule has 156 valence electrons. The Morgan fingerprint density at radius 3 is 2.60 bits per heavy atom. The van der Waals surface area contributed by atoms with Crippen molar-refractivity contribution in [3.05, 3.63) is 47.0 Å². The van der Waals surface area contributed by atoms with Gasteiger partial charge in [0.25, 0.3) is 0 Å². The number of anilines is 1. The highest BCUT2D eigenvalue weighted by atomic mass is 16.2. The van der Waals surface area contributed by atoms with Gasteiger partial charge in [-0.1, -0.05) is 0 Å². The molecule has 7 heteroatoms. The van der Waals surface area contributed by atoms with E-state index in [9.17, 15) is 4.79 Å². The average molecular weight is 405 g/mol. The lowest BCUT2D eigenvalue weighted by Gasteiger charge is -2.31. The van der Waals surface area contributed by atoms with E-state index in [2.05, 4.69) is 28.9 Å². The maximum Gasteiger partial charge on any atom is 0.236 e. The molecule has 0 unspecified atom stereocenters. The first-order valence-electron chi connectivity index (χ1n) is 10.8. The van der Waals surface area contributed by atoms with Crippen molar-refractivity contribution >= 4 is 11.9 Å². The second-order valence-corrected chi connectivity index (χ2v) is 8.27. The van der Waals surface area contributed by atoms with Crippen LogP contribution in [0, 0.1) is 18.3 Å². The van der Waals surface area contributed by atoms with E-state index in [-0.39, 0.29) is 12.3 Å². The molecule has 0 aliphatic carbocycles. The summed E-state index contributed by atoms with van der Waals surface area (Å²) >= 11 is 0. The van der Waals surface area contributed by atoms with Crippen molar-refractivity contribution in [2.24, 2.45) is 0 Å². The third-order valence-electron chi connectivity index (χ3n) is 6.01. The van der Waals surface area contributed by atoms with Crippen LogP contribution in [0.25, 0.3) is 0 Å². The molecular formula is C23H28N6O. The summed E-state index contributed by atoms with van der Waals surface area (Å²) in [6, 6.07) is 8.20. The molecule has 0 N–H and O–H groups in total. The first-order chi connectivity index (χ1) is 14.6. The Morgan fingerprint density at radius 1 is 1.13 bits per heavy atom. The van der Waals surface area contributed by atoms with Gasteiger partial charge < -0.3 is 9.80 Å². The molecule has 0 bridgehead atoms. The van der Waals surface area contributed by atoms with E-state index in [4.69, 9.17) is 15.2 Å². The van der Waals surface area contributed by atoms with Crippen LogP contribution in [0.5, 0.6) is 0 Å². The summed E-state index contributed by atoms with van der Waals surface area (Å²) in [5.74, 6) is 1.07. The van der Waals surface area contributed by atoms with Gasteiger partial charge in [0, 0.05) is 56.1 Å². The van der Waals surface area contributed by atoms with Crippen LogP contribution in [-0.4, -0.2) is 51.9 Å². The minimum absolute atomic E-state index is 0.0368. The Morgan fingerprint density at radius 2 is 1.90 bits per heavy atom. The van der Waals surface area contributed by atoms with Gasteiger partial charge in [0.1, 0.15) is 6.42 Å². The fourth-order valence-electron chi connectivity index (χ4n) is 4.35. The summed E-state index contributed by atoms with van der Waals surface area (Å²) in [4.78, 5) is 30.4. The highest BCUT2D eigenvalue weighted by Gasteiger charge is 2.26. The zero-order chi connectivity index (χ0) is 20.9. The van der Waals surface area contributed by atoms with Crippen molar-refractivity contribution < 1.29 is 4.79 Å². The van der Waals surface area contributed by atoms with Crippen molar-refractivity contribution in [1.82, 2.24) is 19.9 Å². The van der Waals surface area contributed by atoms with E-state index in [0.29, 0.717) is 25.4 Å². The van der Waals surface area contributed by atoms with E-state index >= 15 is 0 Å². The minimum atomic E-state index is -0.0670. The molecule has 4 rings (SSSR count). The SMILES string of the molecule is Cc1ccnc(Cc2cc(C3CCN(C(=O)CC#N)CC3)nc(N3CCCC3)n2)c1. The van der Waals surface area contributed by atoms with Crippen LogP contribution < -0.4 is 4.90 Å². The topological polar surface area (TPSA) is 86.0 Å². The monoisotopic (exact) mass is 404 g/mol. The number of carbonyl (C=O) groups is 1. The molecule has 2 aliphatic rings. The number of amides is 1. The number of nitriles is 1. The van der Waals surface area contributed by atoms with Crippen molar-refractivity contribution in [1.29, 1.82) is 5.26 Å². The van der Waals surface area contributed by atoms with Crippen LogP contribution in [0.15, 0.2) is 24.4 Å². The summed E-state index contributed by atoms with van der Waals surface area (Å²) in [6.45, 7) is 5.46. The Balaban J connectivity index is 1.55. The largest absolute Gasteiger partial charge is 0.342 e. The Kier molecular flexibility index (Phi) is 6.22. The third-order valence-corrected chi connectivity index (χ3v) is 6.01. The molecule has 2 aromatic heterocycles. The third kappa shape index (κ3) is 4.76. The van der Waals surface area contributed by atoms with Crippen LogP contribution >= 0.6 is 0 Å². The second-order valence-electron chi connectivity index (χ2n) is 8.27. The molecule has 1 amide bonds. The molecular weight excluding hydrogens is 376 g/mol. The van der Waals surface area contributed by atoms with E-state index in [0.717, 1.165) is 49.0 Å². The van der Waals surface area contributed by atoms with Crippen molar-refractivity contribution in [3.8, 4) is 6.07 Å². The van der Waals surface area contributed by atoms with Gasteiger partial charge >= 0.3 is 0 Å². The van der Waals surface area contributed by atoms with Crippen molar-refractivity contribution in [3.63, 3.8) is 0 Å². The zero-order valence-electron chi connectivity index (χ0n) is 17.5. The Hall–Kier alpha value is -3.01. The predicted molar refractivity (Wildman–Crippen MR) is 114 cm³/mol. The number of piperidine rings is 1. The van der Waals surface area contributed by atoms with Gasteiger partial charge in [-0.25, -0.2) is 9.97 Å². The summed E-state index contributed by atoms with van der Waals surface area (Å²) in [6.07, 6.45) is 6.61. The minimum Gasteiger partial charge on any atom is -0.342 e. The molecule has 2 aromatic rings. The van der Waals surface area contributed by atoms with E-state index in [1.54, 1.807) is 4.90 Å². The zero-order valence-corrected chi connectivity index (χ0v) is 17.5. The molecule has 30 heavy (non-hydrogen) atoms. The van der Waals surface area contributed by atoms with Crippen LogP contribution in [-0.2, 0) is 11.2 Å². The predicted octanol–water partition coefficient (Wildman–Crippen LogP) is 2.99. The van der Waals surface area contributed by atoms with Gasteiger partial charge in [0.15, 0.2) is 0 Å². The number of hydrogen-bond donors (Lipinski definition) is 0. The lowest BCUT2D eigenvalue weighted by Crippen LogP contribution is -2.37. The fraction of sp³-hybridized carbons (Fsp3) is 0.522. The first kappa shape index (κ1) is 20.3. The van der Waals surface area contributed by atoms with Crippen LogP contribution in [0.1, 0.15) is 60.7 Å². The van der Waals surface area contributed by atoms with Gasteiger partial charge in [-0.2, -0.15) is 5.26 Å². The van der Waals surface area contributed by atoms with Gasteiger partial charge in [-0.3, -0.25) is 9.78 Å². The molecule has 0 aromatic carbocycles. The molecule has 0 atom stereocenters. The van der Waals surface area contributed by atoms with Crippen molar-refractivity contribution in [2.45, 2.75) is 51.4 Å². The Bertz CT molecular complexity index is 939. The van der Waals surface area contributed by atoms with E-state index in [1.807, 2.05) is 18.3 Å². The summed E-state index contributed by atoms with van der Waals surface area (Å²) < 4.78 is 0. The van der Waals surface area contributed by atoms with Gasteiger partial charge in [0.05, 0.1) is 11.8 Å². The summed E-state index contributed by atoms with van der Waals surface area (Å²) in [5.41, 5.74) is 4.29. The summed E-state index contributed by atoms with van der Waals surface area (Å²) in [5, 5.41) is 8.78. The number of likely N-dealkylation sites (tertiary alicyclic amines) is 1.